The maximum Gasteiger partial charge on any atom is 0.332 e. The van der Waals surface area contributed by atoms with E-state index in [4.69, 9.17) is 9.83 Å². The molecule has 2 aromatic carbocycles. The third-order valence-corrected chi connectivity index (χ3v) is 4.85. The number of para-hydroxylation sites is 1. The summed E-state index contributed by atoms with van der Waals surface area (Å²) in [5.74, 6) is -0.918. The Kier molecular flexibility index (Phi) is 6.90. The smallest absolute Gasteiger partial charge is 0.332 e. The van der Waals surface area contributed by atoms with Gasteiger partial charge in [-0.1, -0.05) is 57.2 Å². The minimum absolute atomic E-state index is 0.201. The van der Waals surface area contributed by atoms with Crippen LogP contribution in [0.1, 0.15) is 48.7 Å². The highest BCUT2D eigenvalue weighted by atomic mass is 16.7. The number of hydrogen-bond donors (Lipinski definition) is 1. The number of hydrogen-bond acceptors (Lipinski definition) is 5. The van der Waals surface area contributed by atoms with Gasteiger partial charge in [0.2, 0.25) is 0 Å². The Morgan fingerprint density at radius 2 is 1.81 bits per heavy atom. The van der Waals surface area contributed by atoms with Crippen LogP contribution in [0, 0.1) is 5.41 Å². The highest BCUT2D eigenvalue weighted by Gasteiger charge is 2.18. The van der Waals surface area contributed by atoms with Crippen LogP contribution in [0.5, 0.6) is 0 Å². The Balaban J connectivity index is 1.64. The molecule has 3 rings (SSSR count). The van der Waals surface area contributed by atoms with Crippen LogP contribution in [0.4, 0.5) is 5.69 Å². The molecule has 2 aromatic rings. The summed E-state index contributed by atoms with van der Waals surface area (Å²) >= 11 is 0. The number of anilines is 1. The number of rotatable bonds is 4. The van der Waals surface area contributed by atoms with Crippen LogP contribution in [0.3, 0.4) is 0 Å². The van der Waals surface area contributed by atoms with E-state index in [2.05, 4.69) is 29.6 Å². The normalized spacial score (nSPS) is 13.9. The molecule has 1 aliphatic rings. The lowest BCUT2D eigenvalue weighted by molar-refractivity contribution is -0.151. The van der Waals surface area contributed by atoms with Crippen molar-refractivity contribution in [2.24, 2.45) is 10.4 Å². The highest BCUT2D eigenvalue weighted by Crippen LogP contribution is 2.23. The number of fused-ring (bicyclic) bond motifs is 1. The lowest BCUT2D eigenvalue weighted by atomic mass is 9.93. The van der Waals surface area contributed by atoms with Crippen molar-refractivity contribution in [2.75, 3.05) is 25.0 Å². The Morgan fingerprint density at radius 3 is 2.52 bits per heavy atom. The lowest BCUT2D eigenvalue weighted by Crippen LogP contribution is -2.28. The quantitative estimate of drug-likeness (QED) is 0.752. The zero-order chi connectivity index (χ0) is 22.4. The van der Waals surface area contributed by atoms with Gasteiger partial charge in [0, 0.05) is 30.4 Å². The minimum Gasteiger partial charge on any atom is -0.372 e. The van der Waals surface area contributed by atoms with Gasteiger partial charge in [-0.25, -0.2) is 4.79 Å². The fourth-order valence-electron chi connectivity index (χ4n) is 3.24. The summed E-state index contributed by atoms with van der Waals surface area (Å²) in [6, 6.07) is 15.3. The van der Waals surface area contributed by atoms with Gasteiger partial charge in [-0.05, 0) is 35.3 Å². The fraction of sp³-hybridized carbons (Fsp3) is 0.320. The number of benzodiazepines with no additional fused rings is 1. The van der Waals surface area contributed by atoms with Crippen LogP contribution in [-0.4, -0.2) is 37.7 Å². The first-order valence-electron chi connectivity index (χ1n) is 10.4. The van der Waals surface area contributed by atoms with Gasteiger partial charge in [0.05, 0.1) is 18.7 Å². The molecule has 31 heavy (non-hydrogen) atoms. The molecule has 6 nitrogen and oxygen atoms in total. The largest absolute Gasteiger partial charge is 0.372 e. The number of aliphatic imine (C=N–C) groups is 1. The van der Waals surface area contributed by atoms with Crippen molar-refractivity contribution in [1.82, 2.24) is 5.48 Å². The molecule has 6 heteroatoms. The van der Waals surface area contributed by atoms with E-state index in [0.29, 0.717) is 5.56 Å². The van der Waals surface area contributed by atoms with E-state index in [1.165, 1.54) is 0 Å². The number of carbonyl (C=O) groups excluding carboxylic acids is 2. The van der Waals surface area contributed by atoms with Gasteiger partial charge >= 0.3 is 5.97 Å². The number of allylic oxidation sites excluding steroid dienone is 1. The van der Waals surface area contributed by atoms with Crippen molar-refractivity contribution >= 4 is 29.4 Å². The van der Waals surface area contributed by atoms with E-state index in [9.17, 15) is 9.59 Å². The van der Waals surface area contributed by atoms with Crippen molar-refractivity contribution in [3.8, 4) is 0 Å². The molecule has 0 atom stereocenters. The maximum atomic E-state index is 12.2. The zero-order valence-corrected chi connectivity index (χ0v) is 18.5. The predicted octanol–water partition coefficient (Wildman–Crippen LogP) is 4.26. The standard InChI is InChI=1S/C25H29N3O3/c1-25(2,3)17-23(29)31-27-24(30)19-12-9-18(10-13-19)11-14-21-20-7-5-6-8-22(20)28(4)16-15-26-21/h5-14H,15-17H2,1-4H3,(H,27,30). The van der Waals surface area contributed by atoms with Crippen LogP contribution < -0.4 is 10.4 Å². The molecule has 0 radical (unpaired) electrons. The fourth-order valence-corrected chi connectivity index (χ4v) is 3.24. The van der Waals surface area contributed by atoms with E-state index >= 15 is 0 Å². The molecule has 0 saturated carbocycles. The lowest BCUT2D eigenvalue weighted by Gasteiger charge is -2.18. The van der Waals surface area contributed by atoms with Crippen molar-refractivity contribution < 1.29 is 14.4 Å². The van der Waals surface area contributed by atoms with Gasteiger partial charge in [0.25, 0.3) is 5.91 Å². The summed E-state index contributed by atoms with van der Waals surface area (Å²) in [6.07, 6.45) is 4.20. The van der Waals surface area contributed by atoms with E-state index < -0.39 is 11.9 Å². The summed E-state index contributed by atoms with van der Waals surface area (Å²) in [7, 11) is 2.07. The Hall–Kier alpha value is -3.41. The second-order valence-corrected chi connectivity index (χ2v) is 8.80. The molecule has 0 spiro atoms. The third-order valence-electron chi connectivity index (χ3n) is 4.85. The van der Waals surface area contributed by atoms with Crippen molar-refractivity contribution in [3.63, 3.8) is 0 Å². The molecule has 1 amide bonds. The van der Waals surface area contributed by atoms with Crippen LogP contribution >= 0.6 is 0 Å². The summed E-state index contributed by atoms with van der Waals surface area (Å²) < 4.78 is 0. The van der Waals surface area contributed by atoms with Gasteiger partial charge in [0.15, 0.2) is 0 Å². The third kappa shape index (κ3) is 6.28. The summed E-state index contributed by atoms with van der Waals surface area (Å²) in [6.45, 7) is 7.40. The van der Waals surface area contributed by atoms with Crippen molar-refractivity contribution in [1.29, 1.82) is 0 Å². The number of carbonyl (C=O) groups is 2. The van der Waals surface area contributed by atoms with E-state index in [1.54, 1.807) is 12.1 Å². The van der Waals surface area contributed by atoms with Crippen LogP contribution in [-0.2, 0) is 9.63 Å². The number of hydroxylamine groups is 1. The highest BCUT2D eigenvalue weighted by molar-refractivity contribution is 6.14. The van der Waals surface area contributed by atoms with Gasteiger partial charge in [0.1, 0.15) is 0 Å². The van der Waals surface area contributed by atoms with Crippen molar-refractivity contribution in [2.45, 2.75) is 27.2 Å². The number of nitrogens with one attached hydrogen (secondary N) is 1. The summed E-state index contributed by atoms with van der Waals surface area (Å²) in [4.78, 5) is 35.8. The molecule has 0 unspecified atom stereocenters. The number of likely N-dealkylation sites (N-methyl/N-ethyl adjacent to an activating group) is 1. The monoisotopic (exact) mass is 419 g/mol. The van der Waals surface area contributed by atoms with Gasteiger partial charge in [-0.15, -0.1) is 0 Å². The van der Waals surface area contributed by atoms with Gasteiger partial charge in [-0.3, -0.25) is 9.79 Å². The first-order valence-corrected chi connectivity index (χ1v) is 10.4. The Morgan fingerprint density at radius 1 is 1.10 bits per heavy atom. The Bertz CT molecular complexity index is 1000. The molecule has 1 N–H and O–H groups in total. The molecular weight excluding hydrogens is 390 g/mol. The number of benzene rings is 2. The summed E-state index contributed by atoms with van der Waals surface area (Å²) in [5.41, 5.74) is 6.58. The maximum absolute atomic E-state index is 12.2. The molecule has 162 valence electrons. The second kappa shape index (κ2) is 9.60. The second-order valence-electron chi connectivity index (χ2n) is 8.80. The van der Waals surface area contributed by atoms with Gasteiger partial charge in [-0.2, -0.15) is 5.48 Å². The molecule has 0 aromatic heterocycles. The van der Waals surface area contributed by atoms with E-state index in [-0.39, 0.29) is 11.8 Å². The predicted molar refractivity (Wildman–Crippen MR) is 124 cm³/mol. The average Bonchev–Trinajstić information content (AvgIpc) is 2.89. The minimum atomic E-state index is -0.462. The van der Waals surface area contributed by atoms with Crippen LogP contribution in [0.2, 0.25) is 0 Å². The molecule has 0 fully saturated rings. The van der Waals surface area contributed by atoms with E-state index in [1.807, 2.05) is 57.2 Å². The van der Waals surface area contributed by atoms with Crippen molar-refractivity contribution in [3.05, 3.63) is 71.3 Å². The topological polar surface area (TPSA) is 71.0 Å². The zero-order valence-electron chi connectivity index (χ0n) is 18.5. The van der Waals surface area contributed by atoms with Crippen LogP contribution in [0.25, 0.3) is 6.08 Å². The number of amides is 1. The first kappa shape index (κ1) is 22.3. The van der Waals surface area contributed by atoms with Gasteiger partial charge < -0.3 is 9.74 Å². The molecule has 0 aliphatic carbocycles. The summed E-state index contributed by atoms with van der Waals surface area (Å²) in [5, 5.41) is 0. The average molecular weight is 420 g/mol. The first-order chi connectivity index (χ1) is 14.7. The van der Waals surface area contributed by atoms with Crippen LogP contribution in [0.15, 0.2) is 59.6 Å². The molecular formula is C25H29N3O3. The Labute approximate surface area is 183 Å². The SMILES string of the molecule is CN1CCN=C(C=Cc2ccc(C(=O)NOC(=O)CC(C)(C)C)cc2)c2ccccc21. The molecule has 1 aliphatic heterocycles. The molecule has 1 heterocycles. The molecule has 0 bridgehead atoms. The van der Waals surface area contributed by atoms with E-state index in [0.717, 1.165) is 35.6 Å². The number of nitrogens with zero attached hydrogens (tertiary/aromatic N) is 2. The molecule has 0 saturated heterocycles.